The van der Waals surface area contributed by atoms with Gasteiger partial charge in [-0.05, 0) is 28.5 Å². The summed E-state index contributed by atoms with van der Waals surface area (Å²) in [5, 5.41) is 5.04. The zero-order valence-electron chi connectivity index (χ0n) is 9.88. The Morgan fingerprint density at radius 2 is 2.32 bits per heavy atom. The minimum Gasteiger partial charge on any atom is -0.346 e. The number of fused-ring (bicyclic) bond motifs is 3. The van der Waals surface area contributed by atoms with Gasteiger partial charge in [0.2, 0.25) is 0 Å². The second-order valence-corrected chi connectivity index (χ2v) is 5.19. The van der Waals surface area contributed by atoms with E-state index in [1.807, 2.05) is 23.7 Å². The van der Waals surface area contributed by atoms with Gasteiger partial charge in [-0.25, -0.2) is 9.78 Å². The molecule has 0 saturated heterocycles. The fourth-order valence-electron chi connectivity index (χ4n) is 2.38. The van der Waals surface area contributed by atoms with Gasteiger partial charge in [0.1, 0.15) is 5.65 Å². The van der Waals surface area contributed by atoms with E-state index in [0.717, 1.165) is 27.6 Å². The van der Waals surface area contributed by atoms with Crippen LogP contribution < -0.4 is 5.69 Å². The Morgan fingerprint density at radius 3 is 3.16 bits per heavy atom. The van der Waals surface area contributed by atoms with Gasteiger partial charge < -0.3 is 9.97 Å². The third kappa shape index (κ3) is 1.53. The van der Waals surface area contributed by atoms with E-state index in [2.05, 4.69) is 20.3 Å². The topological polar surface area (TPSA) is 66.5 Å². The molecule has 0 fully saturated rings. The Kier molecular flexibility index (Phi) is 2.13. The van der Waals surface area contributed by atoms with Gasteiger partial charge in [0, 0.05) is 11.6 Å². The van der Waals surface area contributed by atoms with Crippen LogP contribution in [0.5, 0.6) is 0 Å². The van der Waals surface area contributed by atoms with Crippen molar-refractivity contribution >= 4 is 33.4 Å². The van der Waals surface area contributed by atoms with Gasteiger partial charge in [0.05, 0.1) is 23.8 Å². The lowest BCUT2D eigenvalue weighted by molar-refractivity contribution is 0.791. The van der Waals surface area contributed by atoms with E-state index in [9.17, 15) is 4.79 Å². The molecule has 94 valence electrons. The maximum Gasteiger partial charge on any atom is 0.326 e. The summed E-state index contributed by atoms with van der Waals surface area (Å²) < 4.78 is 1.76. The Balaban J connectivity index is 2.05. The third-order valence-electron chi connectivity index (χ3n) is 3.24. The van der Waals surface area contributed by atoms with E-state index < -0.39 is 0 Å². The van der Waals surface area contributed by atoms with Gasteiger partial charge in [-0.3, -0.25) is 4.57 Å². The highest BCUT2D eigenvalue weighted by Crippen LogP contribution is 2.21. The summed E-state index contributed by atoms with van der Waals surface area (Å²) in [7, 11) is 0. The molecular formula is C13H10N4OS. The molecule has 0 amide bonds. The molecule has 0 aliphatic heterocycles. The highest BCUT2D eigenvalue weighted by molar-refractivity contribution is 7.07. The molecule has 6 heteroatoms. The minimum atomic E-state index is -0.100. The molecule has 0 atom stereocenters. The van der Waals surface area contributed by atoms with Crippen LogP contribution in [0, 0.1) is 0 Å². The molecule has 2 N–H and O–H groups in total. The van der Waals surface area contributed by atoms with Crippen molar-refractivity contribution < 1.29 is 0 Å². The Labute approximate surface area is 111 Å². The highest BCUT2D eigenvalue weighted by Gasteiger charge is 2.12. The average molecular weight is 270 g/mol. The largest absolute Gasteiger partial charge is 0.346 e. The highest BCUT2D eigenvalue weighted by atomic mass is 32.1. The van der Waals surface area contributed by atoms with Gasteiger partial charge in [-0.15, -0.1) is 0 Å². The lowest BCUT2D eigenvalue weighted by atomic mass is 10.2. The second-order valence-electron chi connectivity index (χ2n) is 4.41. The fraction of sp³-hybridized carbons (Fsp3) is 0.0769. The molecule has 0 aromatic carbocycles. The molecule has 0 saturated carbocycles. The number of imidazole rings is 1. The van der Waals surface area contributed by atoms with Crippen LogP contribution in [0.25, 0.3) is 22.1 Å². The van der Waals surface area contributed by atoms with E-state index >= 15 is 0 Å². The van der Waals surface area contributed by atoms with Gasteiger partial charge in [-0.2, -0.15) is 11.3 Å². The number of pyridine rings is 1. The zero-order chi connectivity index (χ0) is 12.8. The first-order valence-electron chi connectivity index (χ1n) is 5.88. The summed E-state index contributed by atoms with van der Waals surface area (Å²) in [6.07, 6.45) is 3.53. The van der Waals surface area contributed by atoms with Crippen LogP contribution in [-0.2, 0) is 6.54 Å². The predicted molar refractivity (Wildman–Crippen MR) is 75.6 cm³/mol. The number of nitrogens with zero attached hydrogens (tertiary/aromatic N) is 2. The molecule has 4 rings (SSSR count). The first-order valence-corrected chi connectivity index (χ1v) is 6.83. The minimum absolute atomic E-state index is 0.100. The SMILES string of the molecule is O=c1[nH]c2cnc3[nH]ccc3c2n1Cc1ccsc1. The van der Waals surface area contributed by atoms with Gasteiger partial charge in [-0.1, -0.05) is 0 Å². The van der Waals surface area contributed by atoms with Crippen molar-refractivity contribution in [2.75, 3.05) is 0 Å². The van der Waals surface area contributed by atoms with Crippen LogP contribution in [0.4, 0.5) is 0 Å². The zero-order valence-corrected chi connectivity index (χ0v) is 10.7. The van der Waals surface area contributed by atoms with E-state index in [4.69, 9.17) is 0 Å². The van der Waals surface area contributed by atoms with Crippen LogP contribution in [0.1, 0.15) is 5.56 Å². The second kappa shape index (κ2) is 3.83. The first kappa shape index (κ1) is 10.6. The molecule has 5 nitrogen and oxygen atoms in total. The molecule has 0 spiro atoms. The van der Waals surface area contributed by atoms with Crippen LogP contribution >= 0.6 is 11.3 Å². The summed E-state index contributed by atoms with van der Waals surface area (Å²) >= 11 is 1.63. The van der Waals surface area contributed by atoms with Crippen molar-refractivity contribution in [2.45, 2.75) is 6.54 Å². The molecule has 0 radical (unpaired) electrons. The van der Waals surface area contributed by atoms with Crippen molar-refractivity contribution in [3.05, 3.63) is 51.3 Å². The molecule has 0 aliphatic rings. The van der Waals surface area contributed by atoms with Crippen molar-refractivity contribution in [2.24, 2.45) is 0 Å². The molecule has 0 aliphatic carbocycles. The lowest BCUT2D eigenvalue weighted by Crippen LogP contribution is -2.17. The Bertz CT molecular complexity index is 913. The molecular weight excluding hydrogens is 260 g/mol. The monoisotopic (exact) mass is 270 g/mol. The summed E-state index contributed by atoms with van der Waals surface area (Å²) in [5.41, 5.74) is 3.51. The van der Waals surface area contributed by atoms with E-state index in [0.29, 0.717) is 6.54 Å². The van der Waals surface area contributed by atoms with E-state index in [1.165, 1.54) is 0 Å². The molecule has 4 aromatic heterocycles. The Morgan fingerprint density at radius 1 is 1.37 bits per heavy atom. The Hall–Kier alpha value is -2.34. The molecule has 19 heavy (non-hydrogen) atoms. The van der Waals surface area contributed by atoms with Crippen molar-refractivity contribution in [1.82, 2.24) is 19.5 Å². The lowest BCUT2D eigenvalue weighted by Gasteiger charge is -2.02. The third-order valence-corrected chi connectivity index (χ3v) is 3.97. The van der Waals surface area contributed by atoms with Crippen LogP contribution in [0.2, 0.25) is 0 Å². The molecule has 0 bridgehead atoms. The van der Waals surface area contributed by atoms with Crippen molar-refractivity contribution in [1.29, 1.82) is 0 Å². The predicted octanol–water partition coefficient (Wildman–Crippen LogP) is 2.32. The number of rotatable bonds is 2. The summed E-state index contributed by atoms with van der Waals surface area (Å²) in [6.45, 7) is 0.576. The molecule has 0 unspecified atom stereocenters. The number of H-pyrrole nitrogens is 2. The van der Waals surface area contributed by atoms with Crippen LogP contribution in [0.15, 0.2) is 40.1 Å². The maximum atomic E-state index is 12.1. The quantitative estimate of drug-likeness (QED) is 0.587. The van der Waals surface area contributed by atoms with Crippen molar-refractivity contribution in [3.8, 4) is 0 Å². The summed E-state index contributed by atoms with van der Waals surface area (Å²) in [4.78, 5) is 22.3. The number of thiophene rings is 1. The summed E-state index contributed by atoms with van der Waals surface area (Å²) in [5.74, 6) is 0. The van der Waals surface area contributed by atoms with Crippen LogP contribution in [-0.4, -0.2) is 19.5 Å². The van der Waals surface area contributed by atoms with E-state index in [-0.39, 0.29) is 5.69 Å². The fourth-order valence-corrected chi connectivity index (χ4v) is 3.04. The smallest absolute Gasteiger partial charge is 0.326 e. The molecule has 4 aromatic rings. The number of aromatic amines is 2. The summed E-state index contributed by atoms with van der Waals surface area (Å²) in [6, 6.07) is 3.98. The first-order chi connectivity index (χ1) is 9.33. The van der Waals surface area contributed by atoms with Gasteiger partial charge >= 0.3 is 5.69 Å². The normalized spacial score (nSPS) is 11.6. The van der Waals surface area contributed by atoms with Crippen molar-refractivity contribution in [3.63, 3.8) is 0 Å². The van der Waals surface area contributed by atoms with E-state index in [1.54, 1.807) is 22.1 Å². The number of hydrogen-bond donors (Lipinski definition) is 2. The number of aromatic nitrogens is 4. The molecule has 4 heterocycles. The standard InChI is InChI=1S/C13H10N4OS/c18-13-16-10-5-15-12-9(1-3-14-12)11(10)17(13)6-8-2-4-19-7-8/h1-5,7H,6H2,(H,14,15)(H,16,18). The van der Waals surface area contributed by atoms with Gasteiger partial charge in [0.15, 0.2) is 0 Å². The maximum absolute atomic E-state index is 12.1. The number of nitrogens with one attached hydrogen (secondary N) is 2. The number of hydrogen-bond acceptors (Lipinski definition) is 3. The van der Waals surface area contributed by atoms with Crippen LogP contribution in [0.3, 0.4) is 0 Å². The average Bonchev–Trinajstić information content (AvgIpc) is 3.10. The van der Waals surface area contributed by atoms with Gasteiger partial charge in [0.25, 0.3) is 0 Å².